The maximum Gasteiger partial charge on any atom is 0.151 e. The Kier molecular flexibility index (Phi) is 3.74. The fourth-order valence-corrected chi connectivity index (χ4v) is 2.81. The highest BCUT2D eigenvalue weighted by Gasteiger charge is 2.21. The number of ether oxygens (including phenoxy) is 1. The molecule has 1 saturated heterocycles. The van der Waals surface area contributed by atoms with E-state index in [4.69, 9.17) is 4.74 Å². The lowest BCUT2D eigenvalue weighted by molar-refractivity contribution is 0.0818. The molecule has 0 bridgehead atoms. The van der Waals surface area contributed by atoms with Crippen molar-refractivity contribution < 1.29 is 4.74 Å². The van der Waals surface area contributed by atoms with Crippen LogP contribution in [-0.4, -0.2) is 36.1 Å². The first kappa shape index (κ1) is 13.2. The van der Waals surface area contributed by atoms with Crippen LogP contribution in [0.1, 0.15) is 12.8 Å². The van der Waals surface area contributed by atoms with E-state index in [0.717, 1.165) is 37.4 Å². The highest BCUT2D eigenvalue weighted by Crippen LogP contribution is 2.26. The first-order valence-electron chi connectivity index (χ1n) is 7.15. The molecule has 0 spiro atoms. The predicted octanol–water partition coefficient (Wildman–Crippen LogP) is 2.70. The third-order valence-corrected chi connectivity index (χ3v) is 4.04. The van der Waals surface area contributed by atoms with Gasteiger partial charge in [0.2, 0.25) is 0 Å². The highest BCUT2D eigenvalue weighted by atomic mass is 16.5. The van der Waals surface area contributed by atoms with Gasteiger partial charge in [-0.1, -0.05) is 30.3 Å². The van der Waals surface area contributed by atoms with E-state index >= 15 is 0 Å². The smallest absolute Gasteiger partial charge is 0.151 e. The lowest BCUT2D eigenvalue weighted by Gasteiger charge is -2.31. The van der Waals surface area contributed by atoms with E-state index in [1.54, 1.807) is 7.11 Å². The predicted molar refractivity (Wildman–Crippen MR) is 80.9 cm³/mol. The van der Waals surface area contributed by atoms with Crippen molar-refractivity contribution in [2.24, 2.45) is 7.05 Å². The number of aryl methyl sites for hydroxylation is 1. The summed E-state index contributed by atoms with van der Waals surface area (Å²) in [6.07, 6.45) is 2.56. The normalized spacial score (nSPS) is 16.6. The molecule has 0 amide bonds. The second kappa shape index (κ2) is 5.67. The summed E-state index contributed by atoms with van der Waals surface area (Å²) < 4.78 is 7.39. The molecular formula is C16H21N3O. The standard InChI is InChI=1S/C16H21N3O/c1-18-15(13-6-4-3-5-7-13)12-16(17-18)19-10-8-14(20-2)9-11-19/h3-7,12,14H,8-11H2,1-2H3. The number of anilines is 1. The van der Waals surface area contributed by atoms with E-state index in [2.05, 4.69) is 40.3 Å². The highest BCUT2D eigenvalue weighted by molar-refractivity contribution is 5.63. The Hall–Kier alpha value is -1.81. The second-order valence-electron chi connectivity index (χ2n) is 5.30. The Morgan fingerprint density at radius 2 is 1.85 bits per heavy atom. The largest absolute Gasteiger partial charge is 0.381 e. The number of rotatable bonds is 3. The molecule has 1 fully saturated rings. The van der Waals surface area contributed by atoms with Crippen molar-refractivity contribution in [3.05, 3.63) is 36.4 Å². The van der Waals surface area contributed by atoms with Crippen molar-refractivity contribution in [1.82, 2.24) is 9.78 Å². The molecule has 20 heavy (non-hydrogen) atoms. The minimum atomic E-state index is 0.406. The Morgan fingerprint density at radius 1 is 1.15 bits per heavy atom. The van der Waals surface area contributed by atoms with Crippen LogP contribution in [0.4, 0.5) is 5.82 Å². The minimum Gasteiger partial charge on any atom is -0.381 e. The summed E-state index contributed by atoms with van der Waals surface area (Å²) in [7, 11) is 3.81. The summed E-state index contributed by atoms with van der Waals surface area (Å²) in [5.74, 6) is 1.07. The molecule has 4 heteroatoms. The van der Waals surface area contributed by atoms with Crippen LogP contribution in [0.5, 0.6) is 0 Å². The first-order chi connectivity index (χ1) is 9.78. The monoisotopic (exact) mass is 271 g/mol. The molecule has 1 aliphatic heterocycles. The number of benzene rings is 1. The molecule has 1 aliphatic rings. The van der Waals surface area contributed by atoms with E-state index in [-0.39, 0.29) is 0 Å². The molecule has 4 nitrogen and oxygen atoms in total. The lowest BCUT2D eigenvalue weighted by Crippen LogP contribution is -2.36. The molecule has 0 aliphatic carbocycles. The van der Waals surface area contributed by atoms with E-state index in [9.17, 15) is 0 Å². The fourth-order valence-electron chi connectivity index (χ4n) is 2.81. The lowest BCUT2D eigenvalue weighted by atomic mass is 10.1. The van der Waals surface area contributed by atoms with Crippen molar-refractivity contribution in [3.63, 3.8) is 0 Å². The SMILES string of the molecule is COC1CCN(c2cc(-c3ccccc3)n(C)n2)CC1. The van der Waals surface area contributed by atoms with Crippen molar-refractivity contribution in [2.75, 3.05) is 25.1 Å². The van der Waals surface area contributed by atoms with E-state index < -0.39 is 0 Å². The van der Waals surface area contributed by atoms with E-state index in [0.29, 0.717) is 6.10 Å². The zero-order chi connectivity index (χ0) is 13.9. The summed E-state index contributed by atoms with van der Waals surface area (Å²) in [5, 5.41) is 4.66. The van der Waals surface area contributed by atoms with Gasteiger partial charge in [-0.05, 0) is 18.4 Å². The van der Waals surface area contributed by atoms with Crippen LogP contribution in [0.3, 0.4) is 0 Å². The number of aromatic nitrogens is 2. The van der Waals surface area contributed by atoms with Crippen LogP contribution in [-0.2, 0) is 11.8 Å². The van der Waals surface area contributed by atoms with Gasteiger partial charge in [0, 0.05) is 33.3 Å². The van der Waals surface area contributed by atoms with Crippen molar-refractivity contribution in [1.29, 1.82) is 0 Å². The van der Waals surface area contributed by atoms with Gasteiger partial charge in [0.1, 0.15) is 0 Å². The van der Waals surface area contributed by atoms with Crippen LogP contribution >= 0.6 is 0 Å². The van der Waals surface area contributed by atoms with E-state index in [1.165, 1.54) is 5.56 Å². The van der Waals surface area contributed by atoms with Crippen molar-refractivity contribution in [2.45, 2.75) is 18.9 Å². The second-order valence-corrected chi connectivity index (χ2v) is 5.30. The van der Waals surface area contributed by atoms with Gasteiger partial charge in [0.25, 0.3) is 0 Å². The number of hydrogen-bond donors (Lipinski definition) is 0. The summed E-state index contributed by atoms with van der Waals surface area (Å²) in [6, 6.07) is 12.6. The molecule has 0 atom stereocenters. The molecule has 2 aromatic rings. The molecular weight excluding hydrogens is 250 g/mol. The van der Waals surface area contributed by atoms with Crippen LogP contribution in [0.2, 0.25) is 0 Å². The molecule has 106 valence electrons. The fraction of sp³-hybridized carbons (Fsp3) is 0.438. The molecule has 0 unspecified atom stereocenters. The van der Waals surface area contributed by atoms with Crippen LogP contribution in [0, 0.1) is 0 Å². The molecule has 0 N–H and O–H groups in total. The molecule has 2 heterocycles. The summed E-state index contributed by atoms with van der Waals surface area (Å²) in [4.78, 5) is 2.35. The Labute approximate surface area is 120 Å². The van der Waals surface area contributed by atoms with Crippen LogP contribution < -0.4 is 4.90 Å². The number of piperidine rings is 1. The molecule has 3 rings (SSSR count). The Morgan fingerprint density at radius 3 is 2.50 bits per heavy atom. The zero-order valence-electron chi connectivity index (χ0n) is 12.1. The topological polar surface area (TPSA) is 30.3 Å². The average Bonchev–Trinajstić information content (AvgIpc) is 2.90. The van der Waals surface area contributed by atoms with Gasteiger partial charge in [-0.2, -0.15) is 5.10 Å². The number of hydrogen-bond acceptors (Lipinski definition) is 3. The quantitative estimate of drug-likeness (QED) is 0.860. The Balaban J connectivity index is 1.80. The minimum absolute atomic E-state index is 0.406. The maximum absolute atomic E-state index is 5.42. The molecule has 0 saturated carbocycles. The third kappa shape index (κ3) is 2.56. The molecule has 0 radical (unpaired) electrons. The van der Waals surface area contributed by atoms with Gasteiger partial charge in [-0.3, -0.25) is 4.68 Å². The van der Waals surface area contributed by atoms with Gasteiger partial charge in [0.15, 0.2) is 5.82 Å². The van der Waals surface area contributed by atoms with Gasteiger partial charge < -0.3 is 9.64 Å². The van der Waals surface area contributed by atoms with E-state index in [1.807, 2.05) is 17.8 Å². The number of methoxy groups -OCH3 is 1. The Bertz CT molecular complexity index is 556. The van der Waals surface area contributed by atoms with Crippen LogP contribution in [0.25, 0.3) is 11.3 Å². The van der Waals surface area contributed by atoms with Gasteiger partial charge in [-0.25, -0.2) is 0 Å². The number of nitrogens with zero attached hydrogens (tertiary/aromatic N) is 3. The van der Waals surface area contributed by atoms with Crippen molar-refractivity contribution in [3.8, 4) is 11.3 Å². The van der Waals surface area contributed by atoms with Gasteiger partial charge in [0.05, 0.1) is 11.8 Å². The van der Waals surface area contributed by atoms with Crippen molar-refractivity contribution >= 4 is 5.82 Å². The summed E-state index contributed by atoms with van der Waals surface area (Å²) in [6.45, 7) is 2.04. The molecule has 1 aromatic carbocycles. The first-order valence-corrected chi connectivity index (χ1v) is 7.15. The average molecular weight is 271 g/mol. The maximum atomic E-state index is 5.42. The van der Waals surface area contributed by atoms with Crippen LogP contribution in [0.15, 0.2) is 36.4 Å². The third-order valence-electron chi connectivity index (χ3n) is 4.04. The summed E-state index contributed by atoms with van der Waals surface area (Å²) >= 11 is 0. The van der Waals surface area contributed by atoms with Gasteiger partial charge >= 0.3 is 0 Å². The zero-order valence-corrected chi connectivity index (χ0v) is 12.1. The molecule has 1 aromatic heterocycles. The van der Waals surface area contributed by atoms with Gasteiger partial charge in [-0.15, -0.1) is 0 Å². The summed E-state index contributed by atoms with van der Waals surface area (Å²) in [5.41, 5.74) is 2.37.